The summed E-state index contributed by atoms with van der Waals surface area (Å²) in [5.74, 6) is 0. The van der Waals surface area contributed by atoms with Gasteiger partial charge in [0.1, 0.15) is 0 Å². The van der Waals surface area contributed by atoms with Crippen LogP contribution < -0.4 is 5.56 Å². The van der Waals surface area contributed by atoms with Gasteiger partial charge >= 0.3 is 0 Å². The molecule has 15 heavy (non-hydrogen) atoms. The molecule has 0 aliphatic rings. The van der Waals surface area contributed by atoms with E-state index >= 15 is 0 Å². The van der Waals surface area contributed by atoms with Crippen molar-refractivity contribution in [2.45, 2.75) is 45.6 Å². The predicted molar refractivity (Wildman–Crippen MR) is 70.0 cm³/mol. The van der Waals surface area contributed by atoms with E-state index in [1.165, 1.54) is 25.7 Å². The van der Waals surface area contributed by atoms with Crippen LogP contribution in [0.15, 0.2) is 17.3 Å². The van der Waals surface area contributed by atoms with E-state index in [1.807, 2.05) is 22.6 Å². The van der Waals surface area contributed by atoms with E-state index < -0.39 is 0 Å². The minimum absolute atomic E-state index is 0.0843. The summed E-state index contributed by atoms with van der Waals surface area (Å²) in [6.45, 7) is 3.00. The molecule has 0 atom stereocenters. The summed E-state index contributed by atoms with van der Waals surface area (Å²) in [5, 5.41) is 0. The van der Waals surface area contributed by atoms with Crippen molar-refractivity contribution in [1.82, 2.24) is 9.55 Å². The van der Waals surface area contributed by atoms with Crippen molar-refractivity contribution in [3.8, 4) is 0 Å². The molecule has 0 N–H and O–H groups in total. The third-order valence-corrected chi connectivity index (χ3v) is 3.10. The Morgan fingerprint density at radius 3 is 2.80 bits per heavy atom. The van der Waals surface area contributed by atoms with E-state index in [0.717, 1.165) is 13.0 Å². The summed E-state index contributed by atoms with van der Waals surface area (Å²) in [6, 6.07) is 0. The van der Waals surface area contributed by atoms with Crippen molar-refractivity contribution >= 4 is 22.6 Å². The van der Waals surface area contributed by atoms with Gasteiger partial charge in [-0.3, -0.25) is 9.36 Å². The number of aryl methyl sites for hydroxylation is 1. The van der Waals surface area contributed by atoms with Crippen LogP contribution in [0.3, 0.4) is 0 Å². The van der Waals surface area contributed by atoms with Gasteiger partial charge in [0.2, 0.25) is 0 Å². The molecule has 0 bridgehead atoms. The molecular weight excluding hydrogens is 303 g/mol. The van der Waals surface area contributed by atoms with Gasteiger partial charge in [-0.05, 0) is 29.0 Å². The molecule has 0 spiro atoms. The molecule has 84 valence electrons. The van der Waals surface area contributed by atoms with Crippen molar-refractivity contribution < 1.29 is 0 Å². The zero-order valence-corrected chi connectivity index (χ0v) is 11.2. The summed E-state index contributed by atoms with van der Waals surface area (Å²) < 4.78 is 2.40. The van der Waals surface area contributed by atoms with Gasteiger partial charge in [-0.25, -0.2) is 4.98 Å². The van der Waals surface area contributed by atoms with E-state index in [4.69, 9.17) is 0 Å². The molecular formula is C11H17IN2O. The van der Waals surface area contributed by atoms with Crippen molar-refractivity contribution in [2.24, 2.45) is 0 Å². The van der Waals surface area contributed by atoms with Crippen LogP contribution >= 0.6 is 22.6 Å². The average molecular weight is 320 g/mol. The van der Waals surface area contributed by atoms with Crippen LogP contribution in [0.4, 0.5) is 0 Å². The zero-order chi connectivity index (χ0) is 11.1. The molecule has 0 fully saturated rings. The molecule has 0 saturated carbocycles. The first-order valence-corrected chi connectivity index (χ1v) is 6.53. The fourth-order valence-electron chi connectivity index (χ4n) is 1.47. The molecule has 1 heterocycles. The summed E-state index contributed by atoms with van der Waals surface area (Å²) >= 11 is 2.03. The molecule has 1 aromatic heterocycles. The molecule has 0 aromatic carbocycles. The van der Waals surface area contributed by atoms with E-state index in [9.17, 15) is 4.79 Å². The Balaban J connectivity index is 2.38. The monoisotopic (exact) mass is 320 g/mol. The van der Waals surface area contributed by atoms with Crippen molar-refractivity contribution in [1.29, 1.82) is 0 Å². The normalized spacial score (nSPS) is 10.5. The summed E-state index contributed by atoms with van der Waals surface area (Å²) in [4.78, 5) is 15.6. The van der Waals surface area contributed by atoms with Crippen molar-refractivity contribution in [2.75, 3.05) is 0 Å². The largest absolute Gasteiger partial charge is 0.298 e. The Morgan fingerprint density at radius 1 is 1.33 bits per heavy atom. The predicted octanol–water partition coefficient (Wildman–Crippen LogP) is 2.82. The second-order valence-corrected chi connectivity index (χ2v) is 4.82. The van der Waals surface area contributed by atoms with Crippen LogP contribution in [-0.4, -0.2) is 9.55 Å². The molecule has 0 radical (unpaired) electrons. The lowest BCUT2D eigenvalue weighted by molar-refractivity contribution is 0.551. The van der Waals surface area contributed by atoms with Gasteiger partial charge in [-0.15, -0.1) is 0 Å². The molecule has 1 rings (SSSR count). The Kier molecular flexibility index (Phi) is 5.90. The SMILES string of the molecule is CCCCCCCn1cncc(I)c1=O. The van der Waals surface area contributed by atoms with E-state index in [-0.39, 0.29) is 5.56 Å². The van der Waals surface area contributed by atoms with E-state index in [1.54, 1.807) is 17.1 Å². The number of aromatic nitrogens is 2. The smallest absolute Gasteiger partial charge is 0.266 e. The van der Waals surface area contributed by atoms with Gasteiger partial charge in [0, 0.05) is 12.7 Å². The Bertz CT molecular complexity index is 349. The fourth-order valence-corrected chi connectivity index (χ4v) is 1.94. The maximum atomic E-state index is 11.6. The quantitative estimate of drug-likeness (QED) is 0.597. The number of hydrogen-bond acceptors (Lipinski definition) is 2. The Morgan fingerprint density at radius 2 is 2.07 bits per heavy atom. The van der Waals surface area contributed by atoms with Crippen molar-refractivity contribution in [3.05, 3.63) is 26.4 Å². The van der Waals surface area contributed by atoms with Gasteiger partial charge in [-0.1, -0.05) is 32.6 Å². The average Bonchev–Trinajstić information content (AvgIpc) is 2.24. The Labute approximate surface area is 104 Å². The lowest BCUT2D eigenvalue weighted by Crippen LogP contribution is -2.22. The minimum Gasteiger partial charge on any atom is -0.298 e. The van der Waals surface area contributed by atoms with E-state index in [2.05, 4.69) is 11.9 Å². The standard InChI is InChI=1S/C11H17IN2O/c1-2-3-4-5-6-7-14-9-13-8-10(12)11(14)15/h8-9H,2-7H2,1H3. The van der Waals surface area contributed by atoms with Crippen molar-refractivity contribution in [3.63, 3.8) is 0 Å². The van der Waals surface area contributed by atoms with Gasteiger partial charge in [0.05, 0.1) is 9.90 Å². The minimum atomic E-state index is 0.0843. The van der Waals surface area contributed by atoms with Gasteiger partial charge < -0.3 is 0 Å². The first-order valence-electron chi connectivity index (χ1n) is 5.45. The van der Waals surface area contributed by atoms with Gasteiger partial charge in [0.15, 0.2) is 0 Å². The lowest BCUT2D eigenvalue weighted by atomic mass is 10.1. The van der Waals surface area contributed by atoms with Gasteiger partial charge in [0.25, 0.3) is 5.56 Å². The maximum Gasteiger partial charge on any atom is 0.266 e. The molecule has 3 nitrogen and oxygen atoms in total. The molecule has 0 aliphatic heterocycles. The second-order valence-electron chi connectivity index (χ2n) is 3.65. The van der Waals surface area contributed by atoms with Gasteiger partial charge in [-0.2, -0.15) is 0 Å². The third-order valence-electron chi connectivity index (χ3n) is 2.36. The molecule has 0 saturated heterocycles. The first-order chi connectivity index (χ1) is 7.25. The highest BCUT2D eigenvalue weighted by Gasteiger charge is 1.99. The third kappa shape index (κ3) is 4.32. The summed E-state index contributed by atoms with van der Waals surface area (Å²) in [6.07, 6.45) is 9.32. The van der Waals surface area contributed by atoms with Crippen LogP contribution in [0.5, 0.6) is 0 Å². The highest BCUT2D eigenvalue weighted by atomic mass is 127. The zero-order valence-electron chi connectivity index (χ0n) is 9.08. The maximum absolute atomic E-state index is 11.6. The summed E-state index contributed by atoms with van der Waals surface area (Å²) in [5.41, 5.74) is 0.0843. The topological polar surface area (TPSA) is 34.9 Å². The van der Waals surface area contributed by atoms with E-state index in [0.29, 0.717) is 3.57 Å². The highest BCUT2D eigenvalue weighted by Crippen LogP contribution is 2.03. The number of hydrogen-bond donors (Lipinski definition) is 0. The number of halogens is 1. The van der Waals surface area contributed by atoms with Crippen LogP contribution in [0.2, 0.25) is 0 Å². The second kappa shape index (κ2) is 6.98. The number of rotatable bonds is 6. The van der Waals surface area contributed by atoms with Crippen LogP contribution in [-0.2, 0) is 6.54 Å². The number of nitrogens with zero attached hydrogens (tertiary/aromatic N) is 2. The summed E-state index contributed by atoms with van der Waals surface area (Å²) in [7, 11) is 0. The molecule has 0 aliphatic carbocycles. The van der Waals surface area contributed by atoms with Crippen LogP contribution in [0, 0.1) is 3.57 Å². The lowest BCUT2D eigenvalue weighted by Gasteiger charge is -2.04. The first kappa shape index (κ1) is 12.7. The molecule has 4 heteroatoms. The molecule has 0 unspecified atom stereocenters. The number of unbranched alkanes of at least 4 members (excludes halogenated alkanes) is 4. The van der Waals surface area contributed by atoms with Crippen LogP contribution in [0.25, 0.3) is 0 Å². The van der Waals surface area contributed by atoms with Crippen LogP contribution in [0.1, 0.15) is 39.0 Å². The highest BCUT2D eigenvalue weighted by molar-refractivity contribution is 14.1. The molecule has 0 amide bonds. The molecule has 1 aromatic rings. The Hall–Kier alpha value is -0.390. The fraction of sp³-hybridized carbons (Fsp3) is 0.636.